The van der Waals surface area contributed by atoms with Crippen LogP contribution in [-0.4, -0.2) is 35.0 Å². The molecule has 0 amide bonds. The molecule has 0 aliphatic rings. The molecule has 1 N–H and O–H groups in total. The van der Waals surface area contributed by atoms with Crippen LogP contribution in [0.5, 0.6) is 0 Å². The predicted octanol–water partition coefficient (Wildman–Crippen LogP) is 2.05. The van der Waals surface area contributed by atoms with Crippen molar-refractivity contribution in [3.8, 4) is 0 Å². The fourth-order valence-corrected chi connectivity index (χ4v) is 1.52. The summed E-state index contributed by atoms with van der Waals surface area (Å²) in [6.45, 7) is 5.41. The third-order valence-electron chi connectivity index (χ3n) is 2.49. The van der Waals surface area contributed by atoms with E-state index >= 15 is 0 Å². The van der Waals surface area contributed by atoms with Crippen LogP contribution in [0.15, 0.2) is 6.20 Å². The van der Waals surface area contributed by atoms with Gasteiger partial charge in [0.2, 0.25) is 11.8 Å². The highest BCUT2D eigenvalue weighted by Gasteiger charge is 2.20. The molecule has 0 aromatic carbocycles. The Balaban J connectivity index is 3.02. The van der Waals surface area contributed by atoms with E-state index in [1.165, 1.54) is 6.20 Å². The maximum atomic E-state index is 10.9. The van der Waals surface area contributed by atoms with Crippen molar-refractivity contribution in [3.05, 3.63) is 16.3 Å². The second-order valence-corrected chi connectivity index (χ2v) is 3.97. The lowest BCUT2D eigenvalue weighted by Gasteiger charge is -2.17. The van der Waals surface area contributed by atoms with Crippen molar-refractivity contribution >= 4 is 17.5 Å². The van der Waals surface area contributed by atoms with E-state index in [2.05, 4.69) is 22.2 Å². The van der Waals surface area contributed by atoms with Crippen molar-refractivity contribution in [1.29, 1.82) is 0 Å². The Morgan fingerprint density at radius 2 is 2.22 bits per heavy atom. The third-order valence-corrected chi connectivity index (χ3v) is 2.49. The van der Waals surface area contributed by atoms with E-state index < -0.39 is 4.92 Å². The zero-order chi connectivity index (χ0) is 13.5. The molecule has 7 heteroatoms. The van der Waals surface area contributed by atoms with Gasteiger partial charge in [-0.3, -0.25) is 10.1 Å². The van der Waals surface area contributed by atoms with E-state index in [1.54, 1.807) is 11.9 Å². The Morgan fingerprint density at radius 3 is 2.78 bits per heavy atom. The largest absolute Gasteiger partial charge is 0.354 e. The highest BCUT2D eigenvalue weighted by atomic mass is 16.6. The van der Waals surface area contributed by atoms with E-state index in [4.69, 9.17) is 0 Å². The van der Waals surface area contributed by atoms with Crippen LogP contribution >= 0.6 is 0 Å². The maximum absolute atomic E-state index is 10.9. The fraction of sp³-hybridized carbons (Fsp3) is 0.636. The van der Waals surface area contributed by atoms with Gasteiger partial charge in [-0.25, -0.2) is 4.98 Å². The quantitative estimate of drug-likeness (QED) is 0.591. The van der Waals surface area contributed by atoms with Crippen LogP contribution in [0.25, 0.3) is 0 Å². The number of anilines is 2. The Morgan fingerprint density at radius 1 is 1.50 bits per heavy atom. The highest BCUT2D eigenvalue weighted by molar-refractivity contribution is 5.58. The molecule has 0 saturated carbocycles. The molecule has 1 aromatic heterocycles. The topological polar surface area (TPSA) is 84.2 Å². The van der Waals surface area contributed by atoms with Gasteiger partial charge in [0.25, 0.3) is 0 Å². The first-order valence-corrected chi connectivity index (χ1v) is 6.06. The second kappa shape index (κ2) is 6.73. The molecule has 7 nitrogen and oxygen atoms in total. The zero-order valence-electron chi connectivity index (χ0n) is 11.0. The SMILES string of the molecule is CCCCN(C)c1nc(NCC)ncc1[N+](=O)[O-]. The lowest BCUT2D eigenvalue weighted by atomic mass is 10.3. The summed E-state index contributed by atoms with van der Waals surface area (Å²) in [7, 11) is 1.81. The van der Waals surface area contributed by atoms with E-state index in [9.17, 15) is 10.1 Å². The van der Waals surface area contributed by atoms with Crippen LogP contribution in [0.1, 0.15) is 26.7 Å². The van der Waals surface area contributed by atoms with Gasteiger partial charge in [0, 0.05) is 20.1 Å². The van der Waals surface area contributed by atoms with Gasteiger partial charge in [-0.1, -0.05) is 13.3 Å². The number of hydrogen-bond donors (Lipinski definition) is 1. The molecule has 0 radical (unpaired) electrons. The summed E-state index contributed by atoms with van der Waals surface area (Å²) in [5.41, 5.74) is -0.0599. The number of nitrogens with zero attached hydrogens (tertiary/aromatic N) is 4. The summed E-state index contributed by atoms with van der Waals surface area (Å²) in [4.78, 5) is 20.4. The molecule has 0 fully saturated rings. The standard InChI is InChI=1S/C11H19N5O2/c1-4-6-7-15(3)10-9(16(17)18)8-13-11(14-10)12-5-2/h8H,4-7H2,1-3H3,(H,12,13,14). The Labute approximate surface area is 106 Å². The summed E-state index contributed by atoms with van der Waals surface area (Å²) in [6.07, 6.45) is 3.25. The average molecular weight is 253 g/mol. The van der Waals surface area contributed by atoms with Crippen molar-refractivity contribution in [3.63, 3.8) is 0 Å². The molecule has 1 aromatic rings. The minimum Gasteiger partial charge on any atom is -0.354 e. The first kappa shape index (κ1) is 14.1. The number of nitrogens with one attached hydrogen (secondary N) is 1. The molecule has 1 rings (SSSR count). The van der Waals surface area contributed by atoms with Crippen LogP contribution in [0.3, 0.4) is 0 Å². The molecule has 18 heavy (non-hydrogen) atoms. The molecule has 0 unspecified atom stereocenters. The summed E-state index contributed by atoms with van der Waals surface area (Å²) < 4.78 is 0. The normalized spacial score (nSPS) is 10.2. The lowest BCUT2D eigenvalue weighted by molar-refractivity contribution is -0.384. The number of hydrogen-bond acceptors (Lipinski definition) is 6. The van der Waals surface area contributed by atoms with E-state index in [1.807, 2.05) is 6.92 Å². The number of aromatic nitrogens is 2. The highest BCUT2D eigenvalue weighted by Crippen LogP contribution is 2.25. The number of nitro groups is 1. The van der Waals surface area contributed by atoms with Gasteiger partial charge < -0.3 is 10.2 Å². The Hall–Kier alpha value is -1.92. The van der Waals surface area contributed by atoms with Gasteiger partial charge in [0.05, 0.1) is 4.92 Å². The summed E-state index contributed by atoms with van der Waals surface area (Å²) in [6, 6.07) is 0. The van der Waals surface area contributed by atoms with Crippen molar-refractivity contribution in [2.45, 2.75) is 26.7 Å². The summed E-state index contributed by atoms with van der Waals surface area (Å²) >= 11 is 0. The van der Waals surface area contributed by atoms with Crippen molar-refractivity contribution in [1.82, 2.24) is 9.97 Å². The van der Waals surface area contributed by atoms with Gasteiger partial charge in [0.1, 0.15) is 6.20 Å². The van der Waals surface area contributed by atoms with Crippen LogP contribution in [0, 0.1) is 10.1 Å². The predicted molar refractivity (Wildman–Crippen MR) is 71.0 cm³/mol. The monoisotopic (exact) mass is 253 g/mol. The van der Waals surface area contributed by atoms with E-state index in [0.29, 0.717) is 18.3 Å². The number of unbranched alkanes of at least 4 members (excludes halogenated alkanes) is 1. The van der Waals surface area contributed by atoms with Gasteiger partial charge >= 0.3 is 5.69 Å². The van der Waals surface area contributed by atoms with Gasteiger partial charge in [-0.15, -0.1) is 0 Å². The minimum absolute atomic E-state index is 0.0599. The van der Waals surface area contributed by atoms with E-state index in [0.717, 1.165) is 19.4 Å². The molecule has 0 bridgehead atoms. The molecule has 0 atom stereocenters. The third kappa shape index (κ3) is 3.54. The summed E-state index contributed by atoms with van der Waals surface area (Å²) in [5, 5.41) is 13.9. The smallest absolute Gasteiger partial charge is 0.329 e. The van der Waals surface area contributed by atoms with Crippen molar-refractivity contribution in [2.75, 3.05) is 30.4 Å². The zero-order valence-corrected chi connectivity index (χ0v) is 11.0. The molecule has 100 valence electrons. The fourth-order valence-electron chi connectivity index (χ4n) is 1.52. The minimum atomic E-state index is -0.451. The maximum Gasteiger partial charge on any atom is 0.329 e. The molecule has 0 saturated heterocycles. The average Bonchev–Trinajstić information content (AvgIpc) is 2.36. The van der Waals surface area contributed by atoms with Crippen LogP contribution < -0.4 is 10.2 Å². The van der Waals surface area contributed by atoms with Crippen LogP contribution in [-0.2, 0) is 0 Å². The van der Waals surface area contributed by atoms with E-state index in [-0.39, 0.29) is 5.69 Å². The molecular weight excluding hydrogens is 234 g/mol. The number of rotatable bonds is 7. The Kier molecular flexibility index (Phi) is 5.29. The molecule has 1 heterocycles. The van der Waals surface area contributed by atoms with Crippen molar-refractivity contribution in [2.24, 2.45) is 0 Å². The first-order valence-electron chi connectivity index (χ1n) is 6.06. The van der Waals surface area contributed by atoms with Gasteiger partial charge in [-0.2, -0.15) is 4.98 Å². The molecule has 0 spiro atoms. The van der Waals surface area contributed by atoms with Gasteiger partial charge in [-0.05, 0) is 13.3 Å². The van der Waals surface area contributed by atoms with Gasteiger partial charge in [0.15, 0.2) is 0 Å². The molecule has 0 aliphatic carbocycles. The Bertz CT molecular complexity index is 410. The second-order valence-electron chi connectivity index (χ2n) is 3.97. The lowest BCUT2D eigenvalue weighted by Crippen LogP contribution is -2.21. The van der Waals surface area contributed by atoms with Crippen molar-refractivity contribution < 1.29 is 4.92 Å². The summed E-state index contributed by atoms with van der Waals surface area (Å²) in [5.74, 6) is 0.779. The molecule has 0 aliphatic heterocycles. The first-order chi connectivity index (χ1) is 8.60. The van der Waals surface area contributed by atoms with Crippen LogP contribution in [0.2, 0.25) is 0 Å². The molecular formula is C11H19N5O2. The van der Waals surface area contributed by atoms with Crippen LogP contribution in [0.4, 0.5) is 17.5 Å².